The van der Waals surface area contributed by atoms with E-state index >= 15 is 0 Å². The van der Waals surface area contributed by atoms with Crippen molar-refractivity contribution in [1.29, 1.82) is 0 Å². The summed E-state index contributed by atoms with van der Waals surface area (Å²) in [6.45, 7) is 2.39. The fourth-order valence-electron chi connectivity index (χ4n) is 1.66. The number of hydrogen-bond donors (Lipinski definition) is 1. The van der Waals surface area contributed by atoms with Gasteiger partial charge in [0.05, 0.1) is 0 Å². The number of rotatable bonds is 3. The average molecular weight is 250 g/mol. The molecule has 0 bridgehead atoms. The molecule has 0 aromatic heterocycles. The second kappa shape index (κ2) is 5.19. The van der Waals surface area contributed by atoms with Crippen LogP contribution in [-0.2, 0) is 6.54 Å². The fourth-order valence-corrected chi connectivity index (χ4v) is 1.89. The largest absolute Gasteiger partial charge is 0.381 e. The lowest BCUT2D eigenvalue weighted by atomic mass is 10.1. The number of anilines is 1. The quantitative estimate of drug-likeness (QED) is 0.850. The molecule has 0 aliphatic rings. The average Bonchev–Trinajstić information content (AvgIpc) is 2.30. The molecule has 0 aliphatic heterocycles. The smallest absolute Gasteiger partial charge is 0.129 e. The van der Waals surface area contributed by atoms with Crippen LogP contribution in [0, 0.1) is 12.7 Å². The third kappa shape index (κ3) is 2.77. The van der Waals surface area contributed by atoms with Crippen LogP contribution in [0.1, 0.15) is 11.1 Å². The normalized spacial score (nSPS) is 10.3. The number of para-hydroxylation sites is 1. The van der Waals surface area contributed by atoms with Crippen molar-refractivity contribution in [3.8, 4) is 0 Å². The standard InChI is InChI=1S/C14H13ClFN/c1-10-5-2-3-8-14(10)17-9-11-12(15)6-4-7-13(11)16/h2-8,17H,9H2,1H3. The molecule has 0 saturated heterocycles. The van der Waals surface area contributed by atoms with Crippen molar-refractivity contribution in [2.24, 2.45) is 0 Å². The molecule has 0 unspecified atom stereocenters. The topological polar surface area (TPSA) is 12.0 Å². The van der Waals surface area contributed by atoms with Gasteiger partial charge in [-0.05, 0) is 30.7 Å². The number of benzene rings is 2. The molecule has 2 aromatic rings. The summed E-state index contributed by atoms with van der Waals surface area (Å²) in [5.41, 5.74) is 2.62. The maximum absolute atomic E-state index is 13.5. The summed E-state index contributed by atoms with van der Waals surface area (Å²) in [5.74, 6) is -0.279. The zero-order chi connectivity index (χ0) is 12.3. The second-order valence-corrected chi connectivity index (χ2v) is 4.28. The molecule has 0 heterocycles. The van der Waals surface area contributed by atoms with Gasteiger partial charge >= 0.3 is 0 Å². The first-order chi connectivity index (χ1) is 8.18. The van der Waals surface area contributed by atoms with E-state index in [1.54, 1.807) is 12.1 Å². The van der Waals surface area contributed by atoms with Gasteiger partial charge in [-0.3, -0.25) is 0 Å². The molecule has 1 nitrogen and oxygen atoms in total. The van der Waals surface area contributed by atoms with E-state index in [9.17, 15) is 4.39 Å². The maximum atomic E-state index is 13.5. The van der Waals surface area contributed by atoms with Gasteiger partial charge in [0.1, 0.15) is 5.82 Å². The lowest BCUT2D eigenvalue weighted by Gasteiger charge is -2.11. The first kappa shape index (κ1) is 11.9. The molecular weight excluding hydrogens is 237 g/mol. The molecule has 0 aliphatic carbocycles. The van der Waals surface area contributed by atoms with Gasteiger partial charge in [-0.15, -0.1) is 0 Å². The van der Waals surface area contributed by atoms with Crippen LogP contribution in [0.3, 0.4) is 0 Å². The SMILES string of the molecule is Cc1ccccc1NCc1c(F)cccc1Cl. The number of hydrogen-bond acceptors (Lipinski definition) is 1. The Balaban J connectivity index is 2.16. The number of aryl methyl sites for hydroxylation is 1. The van der Waals surface area contributed by atoms with Crippen LogP contribution in [-0.4, -0.2) is 0 Å². The van der Waals surface area contributed by atoms with E-state index in [1.165, 1.54) is 6.07 Å². The highest BCUT2D eigenvalue weighted by molar-refractivity contribution is 6.31. The van der Waals surface area contributed by atoms with Gasteiger partial charge in [0.25, 0.3) is 0 Å². The molecule has 0 atom stereocenters. The first-order valence-corrected chi connectivity index (χ1v) is 5.78. The van der Waals surface area contributed by atoms with Gasteiger partial charge in [-0.1, -0.05) is 35.9 Å². The van der Waals surface area contributed by atoms with Crippen molar-refractivity contribution in [3.63, 3.8) is 0 Å². The van der Waals surface area contributed by atoms with E-state index < -0.39 is 0 Å². The Morgan fingerprint density at radius 1 is 1.12 bits per heavy atom. The van der Waals surface area contributed by atoms with Crippen molar-refractivity contribution in [1.82, 2.24) is 0 Å². The summed E-state index contributed by atoms with van der Waals surface area (Å²) in [6, 6.07) is 12.6. The van der Waals surface area contributed by atoms with Gasteiger partial charge in [0, 0.05) is 22.8 Å². The monoisotopic (exact) mass is 249 g/mol. The molecule has 0 saturated carbocycles. The Labute approximate surface area is 105 Å². The summed E-state index contributed by atoms with van der Waals surface area (Å²) in [5, 5.41) is 3.64. The molecule has 88 valence electrons. The van der Waals surface area contributed by atoms with Crippen LogP contribution in [0.5, 0.6) is 0 Å². The predicted octanol–water partition coefficient (Wildman–Crippen LogP) is 4.40. The molecule has 2 rings (SSSR count). The van der Waals surface area contributed by atoms with Crippen LogP contribution in [0.2, 0.25) is 5.02 Å². The minimum Gasteiger partial charge on any atom is -0.381 e. The maximum Gasteiger partial charge on any atom is 0.129 e. The van der Waals surface area contributed by atoms with Crippen LogP contribution in [0.4, 0.5) is 10.1 Å². The molecule has 0 spiro atoms. The molecule has 2 aromatic carbocycles. The third-order valence-electron chi connectivity index (χ3n) is 2.66. The Kier molecular flexibility index (Phi) is 3.64. The second-order valence-electron chi connectivity index (χ2n) is 3.87. The van der Waals surface area contributed by atoms with Crippen molar-refractivity contribution in [3.05, 3.63) is 64.4 Å². The molecular formula is C14H13ClFN. The summed E-state index contributed by atoms with van der Waals surface area (Å²) in [7, 11) is 0. The van der Waals surface area contributed by atoms with Gasteiger partial charge in [0.2, 0.25) is 0 Å². The number of halogens is 2. The van der Waals surface area contributed by atoms with Crippen molar-refractivity contribution < 1.29 is 4.39 Å². The highest BCUT2D eigenvalue weighted by Crippen LogP contribution is 2.21. The van der Waals surface area contributed by atoms with Gasteiger partial charge in [-0.2, -0.15) is 0 Å². The van der Waals surface area contributed by atoms with E-state index in [-0.39, 0.29) is 5.82 Å². The summed E-state index contributed by atoms with van der Waals surface area (Å²) < 4.78 is 13.5. The Morgan fingerprint density at radius 2 is 1.88 bits per heavy atom. The van der Waals surface area contributed by atoms with Gasteiger partial charge in [-0.25, -0.2) is 4.39 Å². The summed E-state index contributed by atoms with van der Waals surface area (Å²) in [4.78, 5) is 0. The lowest BCUT2D eigenvalue weighted by molar-refractivity contribution is 0.613. The molecule has 17 heavy (non-hydrogen) atoms. The Morgan fingerprint density at radius 3 is 2.59 bits per heavy atom. The number of nitrogens with one attached hydrogen (secondary N) is 1. The zero-order valence-electron chi connectivity index (χ0n) is 9.50. The fraction of sp³-hybridized carbons (Fsp3) is 0.143. The third-order valence-corrected chi connectivity index (χ3v) is 3.02. The highest BCUT2D eigenvalue weighted by atomic mass is 35.5. The van der Waals surface area contributed by atoms with E-state index in [0.29, 0.717) is 17.1 Å². The first-order valence-electron chi connectivity index (χ1n) is 5.41. The Bertz CT molecular complexity index is 505. The van der Waals surface area contributed by atoms with E-state index in [0.717, 1.165) is 11.3 Å². The molecule has 0 radical (unpaired) electrons. The molecule has 0 amide bonds. The minimum atomic E-state index is -0.279. The highest BCUT2D eigenvalue weighted by Gasteiger charge is 2.06. The molecule has 3 heteroatoms. The lowest BCUT2D eigenvalue weighted by Crippen LogP contribution is -2.03. The summed E-state index contributed by atoms with van der Waals surface area (Å²) >= 11 is 5.96. The minimum absolute atomic E-state index is 0.279. The Hall–Kier alpha value is -1.54. The predicted molar refractivity (Wildman–Crippen MR) is 69.9 cm³/mol. The summed E-state index contributed by atoms with van der Waals surface area (Å²) in [6.07, 6.45) is 0. The van der Waals surface area contributed by atoms with Crippen molar-refractivity contribution >= 4 is 17.3 Å². The van der Waals surface area contributed by atoms with E-state index in [2.05, 4.69) is 5.32 Å². The van der Waals surface area contributed by atoms with Crippen LogP contribution in [0.25, 0.3) is 0 Å². The van der Waals surface area contributed by atoms with E-state index in [4.69, 9.17) is 11.6 Å². The van der Waals surface area contributed by atoms with Crippen molar-refractivity contribution in [2.45, 2.75) is 13.5 Å². The van der Waals surface area contributed by atoms with Gasteiger partial charge in [0.15, 0.2) is 0 Å². The van der Waals surface area contributed by atoms with E-state index in [1.807, 2.05) is 31.2 Å². The molecule has 1 N–H and O–H groups in total. The zero-order valence-corrected chi connectivity index (χ0v) is 10.3. The molecule has 0 fully saturated rings. The van der Waals surface area contributed by atoms with Crippen LogP contribution >= 0.6 is 11.6 Å². The van der Waals surface area contributed by atoms with Gasteiger partial charge < -0.3 is 5.32 Å². The van der Waals surface area contributed by atoms with Crippen LogP contribution in [0.15, 0.2) is 42.5 Å². The van der Waals surface area contributed by atoms with Crippen LogP contribution < -0.4 is 5.32 Å². The van der Waals surface area contributed by atoms with Crippen molar-refractivity contribution in [2.75, 3.05) is 5.32 Å².